The highest BCUT2D eigenvalue weighted by molar-refractivity contribution is 5.40. The van der Waals surface area contributed by atoms with E-state index in [0.717, 1.165) is 12.1 Å². The van der Waals surface area contributed by atoms with Crippen molar-refractivity contribution in [2.24, 2.45) is 0 Å². The van der Waals surface area contributed by atoms with Crippen LogP contribution in [0, 0.1) is 0 Å². The zero-order chi connectivity index (χ0) is 10.7. The van der Waals surface area contributed by atoms with Gasteiger partial charge < -0.3 is 5.73 Å². The summed E-state index contributed by atoms with van der Waals surface area (Å²) in [4.78, 5) is 3.99. The van der Waals surface area contributed by atoms with E-state index >= 15 is 0 Å². The van der Waals surface area contributed by atoms with Gasteiger partial charge in [0.15, 0.2) is 0 Å². The molecule has 0 fully saturated rings. The summed E-state index contributed by atoms with van der Waals surface area (Å²) in [5.41, 5.74) is 8.14. The third-order valence-corrected chi connectivity index (χ3v) is 2.42. The Labute approximate surface area is 89.6 Å². The van der Waals surface area contributed by atoms with Crippen LogP contribution in [0.3, 0.4) is 0 Å². The molecule has 0 aliphatic heterocycles. The molecule has 0 atom stereocenters. The molecule has 2 N–H and O–H groups in total. The highest BCUT2D eigenvalue weighted by atomic mass is 15.1. The SMILES string of the molecule is CCCc1ccc(-n2ccnc2N)cc1. The number of anilines is 1. The number of nitrogens with two attached hydrogens (primary N) is 1. The molecule has 3 nitrogen and oxygen atoms in total. The van der Waals surface area contributed by atoms with Crippen molar-refractivity contribution in [2.45, 2.75) is 19.8 Å². The number of hydrogen-bond acceptors (Lipinski definition) is 2. The van der Waals surface area contributed by atoms with Crippen molar-refractivity contribution >= 4 is 5.95 Å². The monoisotopic (exact) mass is 201 g/mol. The second-order valence-electron chi connectivity index (χ2n) is 3.57. The fraction of sp³-hybridized carbons (Fsp3) is 0.250. The van der Waals surface area contributed by atoms with Crippen LogP contribution in [0.15, 0.2) is 36.7 Å². The maximum atomic E-state index is 5.72. The molecule has 0 saturated heterocycles. The lowest BCUT2D eigenvalue weighted by Gasteiger charge is -2.05. The molecule has 1 aromatic carbocycles. The Balaban J connectivity index is 2.28. The molecule has 0 aliphatic carbocycles. The standard InChI is InChI=1S/C12H15N3/c1-2-3-10-4-6-11(7-5-10)15-9-8-14-12(15)13/h4-9H,2-3H2,1H3,(H2,13,14). The molecular weight excluding hydrogens is 186 g/mol. The van der Waals surface area contributed by atoms with E-state index < -0.39 is 0 Å². The first-order chi connectivity index (χ1) is 7.31. The van der Waals surface area contributed by atoms with Crippen LogP contribution >= 0.6 is 0 Å². The molecule has 2 aromatic rings. The first kappa shape index (κ1) is 9.77. The molecule has 0 saturated carbocycles. The number of hydrogen-bond donors (Lipinski definition) is 1. The minimum atomic E-state index is 0.526. The smallest absolute Gasteiger partial charge is 0.204 e. The Morgan fingerprint density at radius 3 is 2.53 bits per heavy atom. The minimum Gasteiger partial charge on any atom is -0.369 e. The highest BCUT2D eigenvalue weighted by Gasteiger charge is 2.00. The number of rotatable bonds is 3. The van der Waals surface area contributed by atoms with Crippen molar-refractivity contribution < 1.29 is 0 Å². The van der Waals surface area contributed by atoms with E-state index in [-0.39, 0.29) is 0 Å². The van der Waals surface area contributed by atoms with Crippen molar-refractivity contribution in [3.63, 3.8) is 0 Å². The average molecular weight is 201 g/mol. The van der Waals surface area contributed by atoms with Crippen molar-refractivity contribution in [2.75, 3.05) is 5.73 Å². The molecule has 0 spiro atoms. The zero-order valence-electron chi connectivity index (χ0n) is 8.85. The van der Waals surface area contributed by atoms with E-state index in [9.17, 15) is 0 Å². The van der Waals surface area contributed by atoms with Crippen LogP contribution in [-0.4, -0.2) is 9.55 Å². The lowest BCUT2D eigenvalue weighted by atomic mass is 10.1. The molecule has 0 unspecified atom stereocenters. The Kier molecular flexibility index (Phi) is 2.72. The third-order valence-electron chi connectivity index (χ3n) is 2.42. The second kappa shape index (κ2) is 4.17. The summed E-state index contributed by atoms with van der Waals surface area (Å²) in [6.07, 6.45) is 5.87. The normalized spacial score (nSPS) is 10.5. The summed E-state index contributed by atoms with van der Waals surface area (Å²) >= 11 is 0. The Hall–Kier alpha value is -1.77. The lowest BCUT2D eigenvalue weighted by Crippen LogP contribution is -1.99. The average Bonchev–Trinajstić information content (AvgIpc) is 2.66. The summed E-state index contributed by atoms with van der Waals surface area (Å²) in [5, 5.41) is 0. The highest BCUT2D eigenvalue weighted by Crippen LogP contribution is 2.13. The number of benzene rings is 1. The number of nitrogen functional groups attached to an aromatic ring is 1. The quantitative estimate of drug-likeness (QED) is 0.828. The molecule has 1 heterocycles. The van der Waals surface area contributed by atoms with Crippen molar-refractivity contribution in [3.8, 4) is 5.69 Å². The Morgan fingerprint density at radius 1 is 1.27 bits per heavy atom. The summed E-state index contributed by atoms with van der Waals surface area (Å²) in [7, 11) is 0. The molecule has 3 heteroatoms. The number of nitrogens with zero attached hydrogens (tertiary/aromatic N) is 2. The minimum absolute atomic E-state index is 0.526. The van der Waals surface area contributed by atoms with Gasteiger partial charge in [0.2, 0.25) is 5.95 Å². The van der Waals surface area contributed by atoms with Crippen LogP contribution in [0.5, 0.6) is 0 Å². The molecule has 0 amide bonds. The van der Waals surface area contributed by atoms with Crippen LogP contribution in [-0.2, 0) is 6.42 Å². The molecule has 2 rings (SSSR count). The molecule has 0 aliphatic rings. The first-order valence-corrected chi connectivity index (χ1v) is 5.19. The van der Waals surface area contributed by atoms with Crippen LogP contribution in [0.4, 0.5) is 5.95 Å². The zero-order valence-corrected chi connectivity index (χ0v) is 8.85. The summed E-state index contributed by atoms with van der Waals surface area (Å²) in [5.74, 6) is 0.526. The van der Waals surface area contributed by atoms with Gasteiger partial charge in [-0.2, -0.15) is 0 Å². The molecule has 1 aromatic heterocycles. The van der Waals surface area contributed by atoms with Gasteiger partial charge in [-0.15, -0.1) is 0 Å². The van der Waals surface area contributed by atoms with Crippen LogP contribution in [0.1, 0.15) is 18.9 Å². The summed E-state index contributed by atoms with van der Waals surface area (Å²) < 4.78 is 1.87. The van der Waals surface area contributed by atoms with E-state index in [4.69, 9.17) is 5.73 Å². The summed E-state index contributed by atoms with van der Waals surface area (Å²) in [6, 6.07) is 8.42. The molecule has 0 radical (unpaired) electrons. The lowest BCUT2D eigenvalue weighted by molar-refractivity contribution is 0.920. The number of imidazole rings is 1. The topological polar surface area (TPSA) is 43.8 Å². The van der Waals surface area contributed by atoms with Gasteiger partial charge in [-0.3, -0.25) is 4.57 Å². The van der Waals surface area contributed by atoms with Crippen molar-refractivity contribution in [3.05, 3.63) is 42.2 Å². The van der Waals surface area contributed by atoms with Crippen molar-refractivity contribution in [1.29, 1.82) is 0 Å². The van der Waals surface area contributed by atoms with Gasteiger partial charge in [-0.05, 0) is 24.1 Å². The summed E-state index contributed by atoms with van der Waals surface area (Å²) in [6.45, 7) is 2.18. The van der Waals surface area contributed by atoms with Gasteiger partial charge in [0.25, 0.3) is 0 Å². The Bertz CT molecular complexity index is 428. The first-order valence-electron chi connectivity index (χ1n) is 5.19. The van der Waals surface area contributed by atoms with Gasteiger partial charge >= 0.3 is 0 Å². The van der Waals surface area contributed by atoms with Gasteiger partial charge in [0.05, 0.1) is 0 Å². The van der Waals surface area contributed by atoms with Crippen LogP contribution in [0.2, 0.25) is 0 Å². The molecule has 0 bridgehead atoms. The van der Waals surface area contributed by atoms with Gasteiger partial charge in [0.1, 0.15) is 0 Å². The van der Waals surface area contributed by atoms with Gasteiger partial charge in [-0.25, -0.2) is 4.98 Å². The fourth-order valence-corrected chi connectivity index (χ4v) is 1.65. The number of aryl methyl sites for hydroxylation is 1. The van der Waals surface area contributed by atoms with E-state index in [1.807, 2.05) is 10.8 Å². The van der Waals surface area contributed by atoms with Gasteiger partial charge in [0, 0.05) is 18.1 Å². The predicted octanol–water partition coefficient (Wildman–Crippen LogP) is 2.41. The van der Waals surface area contributed by atoms with Crippen LogP contribution < -0.4 is 5.73 Å². The van der Waals surface area contributed by atoms with Gasteiger partial charge in [-0.1, -0.05) is 25.5 Å². The van der Waals surface area contributed by atoms with E-state index in [1.165, 1.54) is 12.0 Å². The van der Waals surface area contributed by atoms with E-state index in [0.29, 0.717) is 5.95 Å². The maximum Gasteiger partial charge on any atom is 0.204 e. The fourth-order valence-electron chi connectivity index (χ4n) is 1.65. The largest absolute Gasteiger partial charge is 0.369 e. The maximum absolute atomic E-state index is 5.72. The molecule has 78 valence electrons. The Morgan fingerprint density at radius 2 is 2.00 bits per heavy atom. The second-order valence-corrected chi connectivity index (χ2v) is 3.57. The predicted molar refractivity (Wildman–Crippen MR) is 62.0 cm³/mol. The third kappa shape index (κ3) is 2.01. The van der Waals surface area contributed by atoms with Crippen LogP contribution in [0.25, 0.3) is 5.69 Å². The molecular formula is C12H15N3. The number of aromatic nitrogens is 2. The molecule has 15 heavy (non-hydrogen) atoms. The van der Waals surface area contributed by atoms with Crippen molar-refractivity contribution in [1.82, 2.24) is 9.55 Å². The van der Waals surface area contributed by atoms with E-state index in [2.05, 4.69) is 36.2 Å². The van der Waals surface area contributed by atoms with E-state index in [1.54, 1.807) is 6.20 Å².